The van der Waals surface area contributed by atoms with Gasteiger partial charge < -0.3 is 4.43 Å². The summed E-state index contributed by atoms with van der Waals surface area (Å²) in [6.07, 6.45) is 0. The van der Waals surface area contributed by atoms with E-state index in [0.717, 1.165) is 5.56 Å². The van der Waals surface area contributed by atoms with Crippen LogP contribution in [-0.2, 0) is 9.22 Å². The molecule has 0 aromatic heterocycles. The van der Waals surface area contributed by atoms with Crippen LogP contribution >= 0.6 is 0 Å². The smallest absolute Gasteiger partial charge is 0.250 e. The lowest BCUT2D eigenvalue weighted by molar-refractivity contribution is -0.113. The molecule has 0 heterocycles. The quantitative estimate of drug-likeness (QED) is 0.355. The monoisotopic (exact) mass is 301 g/mol. The summed E-state index contributed by atoms with van der Waals surface area (Å²) < 4.78 is 6.28. The minimum atomic E-state index is -2.14. The van der Waals surface area contributed by atoms with Crippen molar-refractivity contribution >= 4 is 19.9 Å². The summed E-state index contributed by atoms with van der Waals surface area (Å²) in [7, 11) is -2.14. The highest BCUT2D eigenvalue weighted by atomic mass is 28.4. The number of hydrogen-bond acceptors (Lipinski definition) is 3. The van der Waals surface area contributed by atoms with E-state index in [-0.39, 0.29) is 16.4 Å². The average molecular weight is 301 g/mol. The van der Waals surface area contributed by atoms with Crippen molar-refractivity contribution in [3.8, 4) is 6.07 Å². The Morgan fingerprint density at radius 2 is 1.71 bits per heavy atom. The summed E-state index contributed by atoms with van der Waals surface area (Å²) in [5.41, 5.74) is 0.861. The highest BCUT2D eigenvalue weighted by Gasteiger charge is 2.40. The molecule has 1 rings (SSSR count). The number of carbonyl (C=O) groups is 1. The molecule has 0 spiro atoms. The lowest BCUT2D eigenvalue weighted by Crippen LogP contribution is -2.40. The zero-order valence-corrected chi connectivity index (χ0v) is 14.7. The topological polar surface area (TPSA) is 50.1 Å². The molecule has 0 amide bonds. The number of benzene rings is 1. The van der Waals surface area contributed by atoms with Gasteiger partial charge >= 0.3 is 0 Å². The number of allylic oxidation sites excluding steroid dienone is 1. The third kappa shape index (κ3) is 4.05. The number of nitriles is 1. The Bertz CT molecular complexity index is 589. The molecular weight excluding hydrogens is 278 g/mol. The first kappa shape index (κ1) is 17.2. The van der Waals surface area contributed by atoms with Crippen molar-refractivity contribution in [1.29, 1.82) is 5.26 Å². The van der Waals surface area contributed by atoms with Crippen LogP contribution < -0.4 is 0 Å². The van der Waals surface area contributed by atoms with Crippen molar-refractivity contribution in [3.05, 3.63) is 41.5 Å². The van der Waals surface area contributed by atoms with E-state index in [1.54, 1.807) is 0 Å². The fourth-order valence-corrected chi connectivity index (χ4v) is 2.58. The van der Waals surface area contributed by atoms with E-state index in [1.807, 2.05) is 36.4 Å². The van der Waals surface area contributed by atoms with Gasteiger partial charge in [0.25, 0.3) is 8.32 Å². The van der Waals surface area contributed by atoms with E-state index in [9.17, 15) is 10.1 Å². The highest BCUT2D eigenvalue weighted by Crippen LogP contribution is 2.40. The van der Waals surface area contributed by atoms with Crippen LogP contribution in [0.3, 0.4) is 0 Å². The highest BCUT2D eigenvalue weighted by molar-refractivity contribution is 6.74. The minimum Gasteiger partial charge on any atom is -0.542 e. The second kappa shape index (κ2) is 6.27. The standard InChI is InChI=1S/C17H23NO2Si/c1-13(19)15(12-18)16(14-10-8-7-9-11-14)20-21(5,6)17(2,3)4/h7-11H,1-6H3/b16-15+. The molecule has 1 aromatic rings. The van der Waals surface area contributed by atoms with Gasteiger partial charge in [0.05, 0.1) is 0 Å². The minimum absolute atomic E-state index is 0.00954. The van der Waals surface area contributed by atoms with Gasteiger partial charge in [0, 0.05) is 12.5 Å². The second-order valence-corrected chi connectivity index (χ2v) is 11.3. The van der Waals surface area contributed by atoms with E-state index in [4.69, 9.17) is 4.43 Å². The molecule has 3 nitrogen and oxygen atoms in total. The third-order valence-corrected chi connectivity index (χ3v) is 8.22. The molecule has 0 radical (unpaired) electrons. The summed E-state index contributed by atoms with van der Waals surface area (Å²) in [5, 5.41) is 9.33. The van der Waals surface area contributed by atoms with Crippen LogP contribution in [0, 0.1) is 11.3 Å². The predicted octanol–water partition coefficient (Wildman–Crippen LogP) is 4.53. The Kier molecular flexibility index (Phi) is 5.14. The number of rotatable bonds is 4. The summed E-state index contributed by atoms with van der Waals surface area (Å²) in [5.74, 6) is 0.146. The fraction of sp³-hybridized carbons (Fsp3) is 0.412. The number of Topliss-reactive ketones (excluding diaryl/α,β-unsaturated/α-hetero) is 1. The Morgan fingerprint density at radius 1 is 1.19 bits per heavy atom. The maximum Gasteiger partial charge on any atom is 0.250 e. The van der Waals surface area contributed by atoms with E-state index in [0.29, 0.717) is 5.76 Å². The molecule has 0 saturated heterocycles. The number of ketones is 1. The zero-order chi connectivity index (χ0) is 16.3. The number of nitrogens with zero attached hydrogens (tertiary/aromatic N) is 1. The van der Waals surface area contributed by atoms with Crippen molar-refractivity contribution in [2.45, 2.75) is 45.8 Å². The van der Waals surface area contributed by atoms with Gasteiger partial charge in [0.2, 0.25) is 0 Å². The molecule has 0 saturated carbocycles. The summed E-state index contributed by atoms with van der Waals surface area (Å²) >= 11 is 0. The van der Waals surface area contributed by atoms with Gasteiger partial charge in [-0.05, 0) is 18.1 Å². The summed E-state index contributed by atoms with van der Waals surface area (Å²) in [6.45, 7) is 12.0. The van der Waals surface area contributed by atoms with Gasteiger partial charge in [-0.1, -0.05) is 51.1 Å². The first-order chi connectivity index (χ1) is 9.60. The van der Waals surface area contributed by atoms with Gasteiger partial charge in [-0.2, -0.15) is 5.26 Å². The maximum absolute atomic E-state index is 11.8. The molecule has 0 unspecified atom stereocenters. The number of carbonyl (C=O) groups excluding carboxylic acids is 1. The molecule has 0 aliphatic rings. The van der Waals surface area contributed by atoms with Gasteiger partial charge in [-0.25, -0.2) is 0 Å². The normalized spacial score (nSPS) is 13.2. The lowest BCUT2D eigenvalue weighted by Gasteiger charge is -2.37. The van der Waals surface area contributed by atoms with Crippen LogP contribution in [0.1, 0.15) is 33.3 Å². The molecule has 0 aliphatic carbocycles. The van der Waals surface area contributed by atoms with Crippen molar-refractivity contribution in [1.82, 2.24) is 0 Å². The van der Waals surface area contributed by atoms with Crippen LogP contribution in [0.5, 0.6) is 0 Å². The summed E-state index contributed by atoms with van der Waals surface area (Å²) in [6, 6.07) is 11.4. The van der Waals surface area contributed by atoms with Gasteiger partial charge in [0.1, 0.15) is 17.4 Å². The molecule has 0 bridgehead atoms. The van der Waals surface area contributed by atoms with Gasteiger partial charge in [-0.15, -0.1) is 0 Å². The number of hydrogen-bond donors (Lipinski definition) is 0. The molecule has 1 aromatic carbocycles. The second-order valence-electron chi connectivity index (χ2n) is 6.60. The summed E-state index contributed by atoms with van der Waals surface area (Å²) in [4.78, 5) is 11.8. The largest absolute Gasteiger partial charge is 0.542 e. The molecular formula is C17H23NO2Si. The molecule has 0 fully saturated rings. The van der Waals surface area contributed by atoms with E-state index < -0.39 is 8.32 Å². The first-order valence-corrected chi connectivity index (χ1v) is 9.90. The predicted molar refractivity (Wildman–Crippen MR) is 87.9 cm³/mol. The fourth-order valence-electron chi connectivity index (χ4n) is 1.54. The van der Waals surface area contributed by atoms with Crippen molar-refractivity contribution < 1.29 is 9.22 Å². The average Bonchev–Trinajstić information content (AvgIpc) is 2.37. The first-order valence-electron chi connectivity index (χ1n) is 7.00. The Balaban J connectivity index is 3.43. The van der Waals surface area contributed by atoms with Crippen molar-refractivity contribution in [2.24, 2.45) is 0 Å². The van der Waals surface area contributed by atoms with Gasteiger partial charge in [-0.3, -0.25) is 4.79 Å². The van der Waals surface area contributed by atoms with Crippen LogP contribution in [0.4, 0.5) is 0 Å². The van der Waals surface area contributed by atoms with Crippen molar-refractivity contribution in [3.63, 3.8) is 0 Å². The molecule has 0 atom stereocenters. The lowest BCUT2D eigenvalue weighted by atomic mass is 10.1. The van der Waals surface area contributed by atoms with E-state index in [2.05, 4.69) is 33.9 Å². The SMILES string of the molecule is CC(=O)/C(C#N)=C(/O[Si](C)(C)C(C)(C)C)c1ccccc1. The molecule has 4 heteroatoms. The molecule has 0 N–H and O–H groups in total. The van der Waals surface area contributed by atoms with Gasteiger partial charge in [0.15, 0.2) is 5.78 Å². The van der Waals surface area contributed by atoms with Crippen LogP contribution in [0.2, 0.25) is 18.1 Å². The Hall–Kier alpha value is -1.86. The van der Waals surface area contributed by atoms with E-state index in [1.165, 1.54) is 6.92 Å². The van der Waals surface area contributed by atoms with Crippen LogP contribution in [-0.4, -0.2) is 14.1 Å². The molecule has 21 heavy (non-hydrogen) atoms. The Morgan fingerprint density at radius 3 is 2.10 bits per heavy atom. The van der Waals surface area contributed by atoms with E-state index >= 15 is 0 Å². The molecule has 112 valence electrons. The van der Waals surface area contributed by atoms with Crippen molar-refractivity contribution in [2.75, 3.05) is 0 Å². The maximum atomic E-state index is 11.8. The zero-order valence-electron chi connectivity index (χ0n) is 13.7. The Labute approximate surface area is 128 Å². The molecule has 0 aliphatic heterocycles. The van der Waals surface area contributed by atoms with Crippen LogP contribution in [0.25, 0.3) is 5.76 Å². The van der Waals surface area contributed by atoms with Crippen LogP contribution in [0.15, 0.2) is 35.9 Å². The third-order valence-electron chi connectivity index (χ3n) is 3.89.